The fraction of sp³-hybridized carbons (Fsp3) is 0. The number of carbonyl (C=O) groups is 1. The summed E-state index contributed by atoms with van der Waals surface area (Å²) in [6.07, 6.45) is 0. The Labute approximate surface area is 108 Å². The second-order valence-corrected chi connectivity index (χ2v) is 3.57. The van der Waals surface area contributed by atoms with E-state index in [-0.39, 0.29) is 18.6 Å². The summed E-state index contributed by atoms with van der Waals surface area (Å²) in [5.74, 6) is -0.411. The predicted molar refractivity (Wildman–Crippen MR) is 59.4 cm³/mol. The Balaban J connectivity index is 0.00000169. The summed E-state index contributed by atoms with van der Waals surface area (Å²) in [4.78, 5) is 13.9. The molecule has 1 aromatic rings. The van der Waals surface area contributed by atoms with E-state index in [0.717, 1.165) is 3.57 Å². The summed E-state index contributed by atoms with van der Waals surface area (Å²) in [7, 11) is 0. The maximum absolute atomic E-state index is 10.6. The number of nitrogens with zero attached hydrogens (tertiary/aromatic N) is 1. The molecular formula is C9H6IN2OV-. The molecule has 0 atom stereocenters. The number of rotatable bonds is 1. The van der Waals surface area contributed by atoms with Gasteiger partial charge < -0.3 is 17.0 Å². The third kappa shape index (κ3) is 3.62. The molecule has 0 aromatic heterocycles. The summed E-state index contributed by atoms with van der Waals surface area (Å²) >= 11 is 2.11. The zero-order valence-electron chi connectivity index (χ0n) is 7.12. The minimum atomic E-state index is -0.411. The van der Waals surface area contributed by atoms with Crippen molar-refractivity contribution >= 4 is 39.9 Å². The Morgan fingerprint density at radius 3 is 2.71 bits per heavy atom. The van der Waals surface area contributed by atoms with Gasteiger partial charge in [-0.15, -0.1) is 0 Å². The number of benzene rings is 1. The largest absolute Gasteiger partial charge is 0.361 e. The number of hydrogen-bond donors (Lipinski definition) is 1. The molecule has 0 spiro atoms. The van der Waals surface area contributed by atoms with Gasteiger partial charge in [-0.1, -0.05) is 0 Å². The minimum absolute atomic E-state index is 0. The van der Waals surface area contributed by atoms with Crippen molar-refractivity contribution in [3.63, 3.8) is 0 Å². The topological polar surface area (TPSA) is 33.5 Å². The molecule has 1 radical (unpaired) electrons. The zero-order valence-corrected chi connectivity index (χ0v) is 10.7. The second kappa shape index (κ2) is 5.96. The van der Waals surface area contributed by atoms with E-state index in [1.807, 2.05) is 6.07 Å². The van der Waals surface area contributed by atoms with Crippen molar-refractivity contribution in [3.8, 4) is 0 Å². The van der Waals surface area contributed by atoms with Crippen molar-refractivity contribution in [2.45, 2.75) is 0 Å². The Bertz CT molecular complexity index is 387. The van der Waals surface area contributed by atoms with Crippen LogP contribution in [0.3, 0.4) is 0 Å². The average Bonchev–Trinajstić information content (AvgIpc) is 2.07. The van der Waals surface area contributed by atoms with E-state index in [4.69, 9.17) is 6.57 Å². The Morgan fingerprint density at radius 2 is 2.21 bits per heavy atom. The summed E-state index contributed by atoms with van der Waals surface area (Å²) in [5.41, 5.74) is 0.944. The number of amides is 1. The van der Waals surface area contributed by atoms with Gasteiger partial charge in [-0.3, -0.25) is 0 Å². The predicted octanol–water partition coefficient (Wildman–Crippen LogP) is 2.61. The first-order chi connectivity index (χ1) is 6.13. The molecule has 14 heavy (non-hydrogen) atoms. The van der Waals surface area contributed by atoms with Crippen molar-refractivity contribution in [2.75, 3.05) is 5.32 Å². The van der Waals surface area contributed by atoms with E-state index in [0.29, 0.717) is 11.4 Å². The quantitative estimate of drug-likeness (QED) is 0.621. The number of carbonyl (C=O) groups excluding carboxylic acids is 1. The number of anilines is 1. The average molecular weight is 336 g/mol. The molecule has 0 aliphatic rings. The molecule has 0 fully saturated rings. The van der Waals surface area contributed by atoms with Crippen LogP contribution >= 0.6 is 22.6 Å². The minimum Gasteiger partial charge on any atom is -0.361 e. The van der Waals surface area contributed by atoms with Crippen molar-refractivity contribution in [1.29, 1.82) is 0 Å². The van der Waals surface area contributed by atoms with Crippen LogP contribution in [0.4, 0.5) is 11.4 Å². The van der Waals surface area contributed by atoms with Crippen LogP contribution in [-0.2, 0) is 23.4 Å². The molecular weight excluding hydrogens is 330 g/mol. The van der Waals surface area contributed by atoms with Gasteiger partial charge in [0.25, 0.3) is 0 Å². The van der Waals surface area contributed by atoms with Crippen LogP contribution in [0.1, 0.15) is 0 Å². The summed E-state index contributed by atoms with van der Waals surface area (Å²) in [6, 6.07) is 5.22. The molecule has 0 heterocycles. The van der Waals surface area contributed by atoms with Crippen molar-refractivity contribution < 1.29 is 23.4 Å². The Hall–Kier alpha value is -0.636. The normalized spacial score (nSPS) is 8.29. The molecule has 5 heteroatoms. The third-order valence-electron chi connectivity index (χ3n) is 1.35. The molecule has 1 rings (SSSR count). The van der Waals surface area contributed by atoms with E-state index in [1.54, 1.807) is 12.1 Å². The van der Waals surface area contributed by atoms with Crippen LogP contribution < -0.4 is 5.32 Å². The van der Waals surface area contributed by atoms with E-state index in [9.17, 15) is 4.79 Å². The molecule has 1 aromatic carbocycles. The van der Waals surface area contributed by atoms with Crippen molar-refractivity contribution in [1.82, 2.24) is 0 Å². The molecule has 3 nitrogen and oxygen atoms in total. The van der Waals surface area contributed by atoms with E-state index in [2.05, 4.69) is 39.7 Å². The molecule has 0 saturated carbocycles. The Kier molecular flexibility index (Phi) is 5.69. The van der Waals surface area contributed by atoms with Gasteiger partial charge in [-0.25, -0.2) is 4.85 Å². The summed E-state index contributed by atoms with van der Waals surface area (Å²) in [6.45, 7) is 10.1. The van der Waals surface area contributed by atoms with Crippen LogP contribution in [0.25, 0.3) is 4.85 Å². The van der Waals surface area contributed by atoms with E-state index in [1.165, 1.54) is 0 Å². The van der Waals surface area contributed by atoms with Gasteiger partial charge in [0, 0.05) is 27.8 Å². The van der Waals surface area contributed by atoms with E-state index >= 15 is 0 Å². The Morgan fingerprint density at radius 1 is 1.57 bits per heavy atom. The first kappa shape index (κ1) is 13.4. The summed E-state index contributed by atoms with van der Waals surface area (Å²) in [5, 5.41) is 2.48. The van der Waals surface area contributed by atoms with Gasteiger partial charge in [0.15, 0.2) is 0 Å². The number of halogens is 1. The molecule has 0 aliphatic heterocycles. The van der Waals surface area contributed by atoms with Crippen LogP contribution in [0, 0.1) is 17.1 Å². The van der Waals surface area contributed by atoms with Crippen molar-refractivity contribution in [3.05, 3.63) is 40.1 Å². The van der Waals surface area contributed by atoms with Crippen molar-refractivity contribution in [2.24, 2.45) is 0 Å². The standard InChI is InChI=1S/C9H6IN2O.V/c1-6(13)12-8-4-3-7(10)5-9(8)11-2;/h3-5H,1H2,(H,12,13);/q-1;. The third-order valence-corrected chi connectivity index (χ3v) is 2.03. The zero-order chi connectivity index (χ0) is 9.84. The molecule has 71 valence electrons. The fourth-order valence-electron chi connectivity index (χ4n) is 0.853. The SMILES string of the molecule is [C-]#[N+]c1cc(I)ccc1NC([CH2-])=O.[V]. The van der Waals surface area contributed by atoms with E-state index < -0.39 is 5.91 Å². The monoisotopic (exact) mass is 336 g/mol. The van der Waals surface area contributed by atoms with Crippen LogP contribution in [0.15, 0.2) is 18.2 Å². The van der Waals surface area contributed by atoms with Gasteiger partial charge in [0.1, 0.15) is 0 Å². The van der Waals surface area contributed by atoms with Crippen LogP contribution in [0.2, 0.25) is 0 Å². The fourth-order valence-corrected chi connectivity index (χ4v) is 1.33. The molecule has 0 saturated heterocycles. The van der Waals surface area contributed by atoms with Crippen LogP contribution in [-0.4, -0.2) is 5.91 Å². The second-order valence-electron chi connectivity index (χ2n) is 2.32. The van der Waals surface area contributed by atoms with Gasteiger partial charge in [0.05, 0.1) is 12.5 Å². The maximum Gasteiger partial charge on any atom is 0.210 e. The molecule has 1 amide bonds. The molecule has 1 N–H and O–H groups in total. The van der Waals surface area contributed by atoms with Gasteiger partial charge >= 0.3 is 0 Å². The molecule has 0 bridgehead atoms. The molecule has 0 unspecified atom stereocenters. The summed E-state index contributed by atoms with van der Waals surface area (Å²) < 4.78 is 0.964. The smallest absolute Gasteiger partial charge is 0.210 e. The van der Waals surface area contributed by atoms with Gasteiger partial charge in [0.2, 0.25) is 5.69 Å². The number of hydrogen-bond acceptors (Lipinski definition) is 1. The first-order valence-corrected chi connectivity index (χ1v) is 4.51. The maximum atomic E-state index is 10.6. The van der Waals surface area contributed by atoms with Crippen LogP contribution in [0.5, 0.6) is 0 Å². The van der Waals surface area contributed by atoms with Gasteiger partial charge in [-0.05, 0) is 40.8 Å². The first-order valence-electron chi connectivity index (χ1n) is 3.43. The number of nitrogens with one attached hydrogen (secondary N) is 1. The van der Waals surface area contributed by atoms with Gasteiger partial charge in [-0.2, -0.15) is 0 Å². The molecule has 0 aliphatic carbocycles.